The van der Waals surface area contributed by atoms with Crippen molar-refractivity contribution in [1.29, 1.82) is 0 Å². The van der Waals surface area contributed by atoms with Gasteiger partial charge in [-0.15, -0.1) is 0 Å². The van der Waals surface area contributed by atoms with Gasteiger partial charge in [-0.05, 0) is 19.0 Å². The molecule has 3 nitrogen and oxygen atoms in total. The molecule has 0 radical (unpaired) electrons. The molecule has 12 heavy (non-hydrogen) atoms. The maximum atomic E-state index is 10.7. The highest BCUT2D eigenvalue weighted by atomic mass is 16.1. The van der Waals surface area contributed by atoms with Crippen LogP contribution >= 0.6 is 0 Å². The Balaban J connectivity index is 0.000000561. The average Bonchev–Trinajstić information content (AvgIpc) is 2.60. The quantitative estimate of drug-likeness (QED) is 0.598. The monoisotopic (exact) mass is 170 g/mol. The highest BCUT2D eigenvalue weighted by molar-refractivity contribution is 5.87. The molecule has 1 rings (SSSR count). The first-order chi connectivity index (χ1) is 5.83. The molecule has 1 saturated heterocycles. The molecule has 3 heteroatoms. The van der Waals surface area contributed by atoms with E-state index in [4.69, 9.17) is 0 Å². The number of hydrogen-bond acceptors (Lipinski definition) is 2. The molecule has 1 aliphatic rings. The summed E-state index contributed by atoms with van der Waals surface area (Å²) in [7, 11) is 0. The second-order valence-corrected chi connectivity index (χ2v) is 2.40. The zero-order valence-electron chi connectivity index (χ0n) is 7.89. The normalized spacial score (nSPS) is 20.7. The van der Waals surface area contributed by atoms with Crippen LogP contribution in [0.2, 0.25) is 0 Å². The predicted octanol–water partition coefficient (Wildman–Crippen LogP) is 0.677. The predicted molar refractivity (Wildman–Crippen MR) is 51.0 cm³/mol. The topological polar surface area (TPSA) is 41.1 Å². The maximum Gasteiger partial charge on any atom is 0.243 e. The van der Waals surface area contributed by atoms with Crippen LogP contribution in [0, 0.1) is 0 Å². The van der Waals surface area contributed by atoms with Gasteiger partial charge in [0.1, 0.15) is 0 Å². The van der Waals surface area contributed by atoms with Crippen molar-refractivity contribution >= 4 is 5.91 Å². The van der Waals surface area contributed by atoms with Crippen LogP contribution < -0.4 is 10.6 Å². The second kappa shape index (κ2) is 6.85. The van der Waals surface area contributed by atoms with Gasteiger partial charge in [0.2, 0.25) is 5.91 Å². The van der Waals surface area contributed by atoms with E-state index in [1.54, 1.807) is 0 Å². The Morgan fingerprint density at radius 1 is 1.67 bits per heavy atom. The van der Waals surface area contributed by atoms with E-state index < -0.39 is 0 Å². The van der Waals surface area contributed by atoms with Gasteiger partial charge in [-0.3, -0.25) is 4.79 Å². The van der Waals surface area contributed by atoms with Crippen LogP contribution in [0.25, 0.3) is 0 Å². The minimum absolute atomic E-state index is 0.0753. The Morgan fingerprint density at radius 3 is 2.75 bits per heavy atom. The van der Waals surface area contributed by atoms with Crippen LogP contribution in [0.15, 0.2) is 12.7 Å². The van der Waals surface area contributed by atoms with E-state index in [-0.39, 0.29) is 5.91 Å². The Kier molecular flexibility index (Phi) is 6.38. The third-order valence-electron chi connectivity index (χ3n) is 1.59. The van der Waals surface area contributed by atoms with Gasteiger partial charge < -0.3 is 10.6 Å². The van der Waals surface area contributed by atoms with E-state index in [2.05, 4.69) is 17.2 Å². The lowest BCUT2D eigenvalue weighted by atomic mass is 10.2. The van der Waals surface area contributed by atoms with E-state index in [9.17, 15) is 4.79 Å². The minimum Gasteiger partial charge on any atom is -0.349 e. The van der Waals surface area contributed by atoms with Gasteiger partial charge in [0.15, 0.2) is 0 Å². The molecule has 2 N–H and O–H groups in total. The summed E-state index contributed by atoms with van der Waals surface area (Å²) in [4.78, 5) is 10.7. The molecule has 0 spiro atoms. The molecule has 1 atom stereocenters. The Bertz CT molecular complexity index is 139. The van der Waals surface area contributed by atoms with Crippen LogP contribution in [0.4, 0.5) is 0 Å². The molecular formula is C9H18N2O. The van der Waals surface area contributed by atoms with Crippen LogP contribution in [0.3, 0.4) is 0 Å². The van der Waals surface area contributed by atoms with E-state index >= 15 is 0 Å². The number of rotatable bonds is 2. The molecule has 1 aliphatic heterocycles. The van der Waals surface area contributed by atoms with Crippen molar-refractivity contribution in [2.24, 2.45) is 0 Å². The number of hydrogen-bond donors (Lipinski definition) is 2. The van der Waals surface area contributed by atoms with Crippen molar-refractivity contribution in [3.8, 4) is 0 Å². The summed E-state index contributed by atoms with van der Waals surface area (Å²) < 4.78 is 0. The lowest BCUT2D eigenvalue weighted by Gasteiger charge is -2.07. The average molecular weight is 170 g/mol. The number of nitrogens with one attached hydrogen (secondary N) is 2. The van der Waals surface area contributed by atoms with E-state index in [1.165, 1.54) is 6.08 Å². The van der Waals surface area contributed by atoms with Gasteiger partial charge in [-0.1, -0.05) is 20.4 Å². The summed E-state index contributed by atoms with van der Waals surface area (Å²) in [5.41, 5.74) is 0. The zero-order valence-corrected chi connectivity index (χ0v) is 7.89. The molecule has 1 amide bonds. The molecule has 1 heterocycles. The second-order valence-electron chi connectivity index (χ2n) is 2.40. The lowest BCUT2D eigenvalue weighted by molar-refractivity contribution is -0.117. The van der Waals surface area contributed by atoms with Crippen molar-refractivity contribution in [1.82, 2.24) is 10.6 Å². The van der Waals surface area contributed by atoms with Crippen molar-refractivity contribution in [2.75, 3.05) is 13.1 Å². The summed E-state index contributed by atoms with van der Waals surface area (Å²) in [6.07, 6.45) is 2.33. The highest BCUT2D eigenvalue weighted by Gasteiger charge is 2.14. The largest absolute Gasteiger partial charge is 0.349 e. The van der Waals surface area contributed by atoms with E-state index in [0.717, 1.165) is 19.5 Å². The van der Waals surface area contributed by atoms with Gasteiger partial charge in [0, 0.05) is 12.6 Å². The molecule has 0 saturated carbocycles. The molecule has 0 aromatic heterocycles. The summed E-state index contributed by atoms with van der Waals surface area (Å²) in [6, 6.07) is 0.311. The van der Waals surface area contributed by atoms with Crippen LogP contribution in [-0.2, 0) is 4.79 Å². The van der Waals surface area contributed by atoms with Crippen molar-refractivity contribution in [3.63, 3.8) is 0 Å². The molecule has 70 valence electrons. The molecule has 0 bridgehead atoms. The Hall–Kier alpha value is -0.830. The van der Waals surface area contributed by atoms with Crippen molar-refractivity contribution in [2.45, 2.75) is 26.3 Å². The number of carbonyl (C=O) groups is 1. The van der Waals surface area contributed by atoms with Gasteiger partial charge in [-0.25, -0.2) is 0 Å². The Labute approximate surface area is 74.2 Å². The summed E-state index contributed by atoms with van der Waals surface area (Å²) in [5, 5.41) is 5.96. The van der Waals surface area contributed by atoms with Gasteiger partial charge in [-0.2, -0.15) is 0 Å². The highest BCUT2D eigenvalue weighted by Crippen LogP contribution is 1.95. The van der Waals surface area contributed by atoms with Crippen molar-refractivity contribution in [3.05, 3.63) is 12.7 Å². The molecule has 0 aromatic rings. The number of carbonyl (C=O) groups excluding carboxylic acids is 1. The first-order valence-corrected chi connectivity index (χ1v) is 4.46. The van der Waals surface area contributed by atoms with E-state index in [1.807, 2.05) is 13.8 Å². The van der Waals surface area contributed by atoms with Crippen LogP contribution in [0.1, 0.15) is 20.3 Å². The van der Waals surface area contributed by atoms with Crippen LogP contribution in [-0.4, -0.2) is 25.0 Å². The summed E-state index contributed by atoms with van der Waals surface area (Å²) in [6.45, 7) is 9.26. The lowest BCUT2D eigenvalue weighted by Crippen LogP contribution is -2.34. The summed E-state index contributed by atoms with van der Waals surface area (Å²) >= 11 is 0. The fourth-order valence-electron chi connectivity index (χ4n) is 1.04. The van der Waals surface area contributed by atoms with Gasteiger partial charge in [0.25, 0.3) is 0 Å². The van der Waals surface area contributed by atoms with Gasteiger partial charge in [0.05, 0.1) is 0 Å². The summed E-state index contributed by atoms with van der Waals surface area (Å²) in [5.74, 6) is -0.0753. The molecule has 1 fully saturated rings. The minimum atomic E-state index is -0.0753. The van der Waals surface area contributed by atoms with Crippen molar-refractivity contribution < 1.29 is 4.79 Å². The zero-order chi connectivity index (χ0) is 9.40. The molecular weight excluding hydrogens is 152 g/mol. The van der Waals surface area contributed by atoms with Crippen LogP contribution in [0.5, 0.6) is 0 Å². The van der Waals surface area contributed by atoms with E-state index in [0.29, 0.717) is 6.04 Å². The fourth-order valence-corrected chi connectivity index (χ4v) is 1.04. The third-order valence-corrected chi connectivity index (χ3v) is 1.59. The molecule has 0 aliphatic carbocycles. The number of amides is 1. The standard InChI is InChI=1S/C7H12N2O.C2H6/c1-2-7(10)9-6-3-4-8-5-6;1-2/h2,6,8H,1,3-5H2,(H,9,10);1-2H3. The Morgan fingerprint density at radius 2 is 2.33 bits per heavy atom. The first kappa shape index (κ1) is 11.2. The third kappa shape index (κ3) is 4.13. The molecule has 1 unspecified atom stereocenters. The SMILES string of the molecule is C=CC(=O)NC1CCNC1.CC. The fraction of sp³-hybridized carbons (Fsp3) is 0.667. The maximum absolute atomic E-state index is 10.7. The van der Waals surface area contributed by atoms with Gasteiger partial charge >= 0.3 is 0 Å². The smallest absolute Gasteiger partial charge is 0.243 e. The molecule has 0 aromatic carbocycles. The first-order valence-electron chi connectivity index (χ1n) is 4.46.